The van der Waals surface area contributed by atoms with Crippen molar-refractivity contribution < 1.29 is 29.4 Å². The number of carboxylic acid groups (broad SMARTS) is 1. The molecule has 0 aliphatic heterocycles. The highest BCUT2D eigenvalue weighted by molar-refractivity contribution is 7.98. The van der Waals surface area contributed by atoms with E-state index in [0.717, 1.165) is 16.5 Å². The lowest BCUT2D eigenvalue weighted by Crippen LogP contribution is -2.57. The lowest BCUT2D eigenvalue weighted by molar-refractivity contribution is -0.142. The lowest BCUT2D eigenvalue weighted by Gasteiger charge is -2.26. The number of nitrogens with two attached hydrogens (primary N) is 1. The maximum absolute atomic E-state index is 13.2. The molecule has 0 radical (unpaired) electrons. The number of aliphatic hydroxyl groups excluding tert-OH is 1. The van der Waals surface area contributed by atoms with Crippen molar-refractivity contribution >= 4 is 46.4 Å². The number of aromatic amines is 1. The standard InChI is InChI=1S/C25H37N5O6S/c1-14(2)10-20(29-22(32)17(26)13-31)24(34)28-19(8-9-37-3)23(33)30-21(25(35)36)11-15-12-27-18-7-5-4-6-16(15)18/h4-7,12,14,17,19-21,27,31H,8-11,13,26H2,1-3H3,(H,28,34)(H,29,32)(H,30,33)(H,35,36). The first-order valence-electron chi connectivity index (χ1n) is 12.1. The number of benzene rings is 1. The molecule has 0 saturated heterocycles. The summed E-state index contributed by atoms with van der Waals surface area (Å²) >= 11 is 1.48. The van der Waals surface area contributed by atoms with Crippen LogP contribution in [0.1, 0.15) is 32.3 Å². The van der Waals surface area contributed by atoms with E-state index in [2.05, 4.69) is 20.9 Å². The molecular weight excluding hydrogens is 498 g/mol. The number of aliphatic hydroxyl groups is 1. The van der Waals surface area contributed by atoms with Gasteiger partial charge in [-0.25, -0.2) is 4.79 Å². The molecule has 1 aromatic heterocycles. The van der Waals surface area contributed by atoms with Crippen molar-refractivity contribution in [2.45, 2.75) is 57.3 Å². The van der Waals surface area contributed by atoms with Crippen LogP contribution in [0.15, 0.2) is 30.5 Å². The van der Waals surface area contributed by atoms with Gasteiger partial charge < -0.3 is 36.9 Å². The molecule has 0 saturated carbocycles. The van der Waals surface area contributed by atoms with Crippen molar-refractivity contribution in [3.63, 3.8) is 0 Å². The number of H-pyrrole nitrogens is 1. The van der Waals surface area contributed by atoms with Crippen molar-refractivity contribution in [1.82, 2.24) is 20.9 Å². The molecule has 11 nitrogen and oxygen atoms in total. The summed E-state index contributed by atoms with van der Waals surface area (Å²) in [6.45, 7) is 3.17. The second-order valence-electron chi connectivity index (χ2n) is 9.29. The molecule has 2 aromatic rings. The Labute approximate surface area is 220 Å². The van der Waals surface area contributed by atoms with Crippen LogP contribution in [0, 0.1) is 5.92 Å². The van der Waals surface area contributed by atoms with E-state index in [1.54, 1.807) is 6.20 Å². The van der Waals surface area contributed by atoms with Crippen LogP contribution in [0.3, 0.4) is 0 Å². The number of carbonyl (C=O) groups excluding carboxylic acids is 3. The Bertz CT molecular complexity index is 1070. The number of para-hydroxylation sites is 1. The molecule has 8 N–H and O–H groups in total. The normalized spacial score (nSPS) is 14.5. The zero-order chi connectivity index (χ0) is 27.5. The number of thioether (sulfide) groups is 1. The number of aromatic nitrogens is 1. The molecule has 4 unspecified atom stereocenters. The maximum Gasteiger partial charge on any atom is 0.326 e. The Morgan fingerprint density at radius 2 is 1.62 bits per heavy atom. The van der Waals surface area contributed by atoms with Crippen LogP contribution in [-0.4, -0.2) is 81.7 Å². The Balaban J connectivity index is 2.17. The Hall–Kier alpha value is -3.09. The van der Waals surface area contributed by atoms with Crippen molar-refractivity contribution in [3.05, 3.63) is 36.0 Å². The van der Waals surface area contributed by atoms with Crippen LogP contribution in [0.25, 0.3) is 10.9 Å². The molecule has 1 aromatic carbocycles. The summed E-state index contributed by atoms with van der Waals surface area (Å²) < 4.78 is 0. The molecule has 0 fully saturated rings. The number of amides is 3. The van der Waals surface area contributed by atoms with Gasteiger partial charge in [0, 0.05) is 23.5 Å². The number of fused-ring (bicyclic) bond motifs is 1. The summed E-state index contributed by atoms with van der Waals surface area (Å²) in [7, 11) is 0. The van der Waals surface area contributed by atoms with E-state index in [1.807, 2.05) is 44.4 Å². The first kappa shape index (κ1) is 30.1. The molecule has 0 aliphatic rings. The minimum atomic E-state index is -1.21. The number of nitrogens with one attached hydrogen (secondary N) is 4. The molecule has 204 valence electrons. The van der Waals surface area contributed by atoms with Crippen molar-refractivity contribution in [3.8, 4) is 0 Å². The zero-order valence-corrected chi connectivity index (χ0v) is 22.1. The van der Waals surface area contributed by atoms with Crippen LogP contribution in [0.4, 0.5) is 0 Å². The topological polar surface area (TPSA) is 187 Å². The van der Waals surface area contributed by atoms with E-state index in [1.165, 1.54) is 11.8 Å². The van der Waals surface area contributed by atoms with Gasteiger partial charge in [-0.1, -0.05) is 32.0 Å². The Morgan fingerprint density at radius 3 is 2.24 bits per heavy atom. The van der Waals surface area contributed by atoms with Gasteiger partial charge in [0.05, 0.1) is 6.61 Å². The highest BCUT2D eigenvalue weighted by Gasteiger charge is 2.30. The van der Waals surface area contributed by atoms with Crippen LogP contribution in [0.2, 0.25) is 0 Å². The molecule has 1 heterocycles. The molecule has 12 heteroatoms. The lowest BCUT2D eigenvalue weighted by atomic mass is 10.0. The predicted octanol–water partition coefficient (Wildman–Crippen LogP) is 0.368. The van der Waals surface area contributed by atoms with Gasteiger partial charge in [0.2, 0.25) is 17.7 Å². The highest BCUT2D eigenvalue weighted by Crippen LogP contribution is 2.19. The van der Waals surface area contributed by atoms with Gasteiger partial charge in [-0.15, -0.1) is 0 Å². The number of hydrogen-bond acceptors (Lipinski definition) is 7. The quantitative estimate of drug-likeness (QED) is 0.170. The number of rotatable bonds is 15. The average molecular weight is 536 g/mol. The fraction of sp³-hybridized carbons (Fsp3) is 0.520. The van der Waals surface area contributed by atoms with Crippen LogP contribution < -0.4 is 21.7 Å². The third-order valence-electron chi connectivity index (χ3n) is 5.83. The van der Waals surface area contributed by atoms with E-state index in [-0.39, 0.29) is 25.2 Å². The van der Waals surface area contributed by atoms with Gasteiger partial charge in [-0.3, -0.25) is 14.4 Å². The highest BCUT2D eigenvalue weighted by atomic mass is 32.2. The summed E-state index contributed by atoms with van der Waals surface area (Å²) in [5.41, 5.74) is 7.17. The molecule has 0 spiro atoms. The SMILES string of the molecule is CSCCC(NC(=O)C(CC(C)C)NC(=O)C(N)CO)C(=O)NC(Cc1c[nH]c2ccccc12)C(=O)O. The van der Waals surface area contributed by atoms with Gasteiger partial charge in [0.25, 0.3) is 0 Å². The summed E-state index contributed by atoms with van der Waals surface area (Å²) in [6.07, 6.45) is 4.17. The van der Waals surface area contributed by atoms with E-state index in [0.29, 0.717) is 5.75 Å². The van der Waals surface area contributed by atoms with Gasteiger partial charge in [0.1, 0.15) is 24.2 Å². The number of aliphatic carboxylic acids is 1. The Kier molecular flexibility index (Phi) is 11.9. The van der Waals surface area contributed by atoms with E-state index >= 15 is 0 Å². The summed E-state index contributed by atoms with van der Waals surface area (Å²) in [6, 6.07) is 3.08. The minimum absolute atomic E-state index is 0.0347. The van der Waals surface area contributed by atoms with E-state index in [4.69, 9.17) is 10.8 Å². The van der Waals surface area contributed by atoms with Crippen molar-refractivity contribution in [2.75, 3.05) is 18.6 Å². The van der Waals surface area contributed by atoms with E-state index < -0.39 is 54.5 Å². The fourth-order valence-corrected chi connectivity index (χ4v) is 4.31. The van der Waals surface area contributed by atoms with E-state index in [9.17, 15) is 24.3 Å². The minimum Gasteiger partial charge on any atom is -0.480 e. The van der Waals surface area contributed by atoms with Crippen LogP contribution in [0.5, 0.6) is 0 Å². The monoisotopic (exact) mass is 535 g/mol. The van der Waals surface area contributed by atoms with Gasteiger partial charge >= 0.3 is 5.97 Å². The second kappa shape index (κ2) is 14.6. The molecule has 37 heavy (non-hydrogen) atoms. The third-order valence-corrected chi connectivity index (χ3v) is 6.47. The summed E-state index contributed by atoms with van der Waals surface area (Å²) in [5, 5.41) is 27.6. The average Bonchev–Trinajstić information content (AvgIpc) is 3.27. The largest absolute Gasteiger partial charge is 0.480 e. The second-order valence-corrected chi connectivity index (χ2v) is 10.3. The summed E-state index contributed by atoms with van der Waals surface area (Å²) in [4.78, 5) is 53.6. The van der Waals surface area contributed by atoms with Gasteiger partial charge in [-0.2, -0.15) is 11.8 Å². The fourth-order valence-electron chi connectivity index (χ4n) is 3.83. The first-order chi connectivity index (χ1) is 17.6. The number of carbonyl (C=O) groups is 4. The van der Waals surface area contributed by atoms with Crippen LogP contribution >= 0.6 is 11.8 Å². The third kappa shape index (κ3) is 9.06. The maximum atomic E-state index is 13.2. The molecular formula is C25H37N5O6S. The number of hydrogen-bond donors (Lipinski definition) is 7. The molecule has 2 rings (SSSR count). The summed E-state index contributed by atoms with van der Waals surface area (Å²) in [5.74, 6) is -2.52. The molecule has 0 bridgehead atoms. The molecule has 3 amide bonds. The number of carboxylic acids is 1. The predicted molar refractivity (Wildman–Crippen MR) is 143 cm³/mol. The molecule has 0 aliphatic carbocycles. The zero-order valence-electron chi connectivity index (χ0n) is 21.3. The first-order valence-corrected chi connectivity index (χ1v) is 13.5. The van der Waals surface area contributed by atoms with Gasteiger partial charge in [-0.05, 0) is 42.4 Å². The smallest absolute Gasteiger partial charge is 0.326 e. The molecule has 4 atom stereocenters. The van der Waals surface area contributed by atoms with Gasteiger partial charge in [0.15, 0.2) is 0 Å². The van der Waals surface area contributed by atoms with Crippen molar-refractivity contribution in [2.24, 2.45) is 11.7 Å². The van der Waals surface area contributed by atoms with Crippen molar-refractivity contribution in [1.29, 1.82) is 0 Å². The van der Waals surface area contributed by atoms with Crippen LogP contribution in [-0.2, 0) is 25.6 Å². The Morgan fingerprint density at radius 1 is 1.00 bits per heavy atom.